The lowest BCUT2D eigenvalue weighted by molar-refractivity contribution is 0.0671. The molecule has 0 N–H and O–H groups in total. The van der Waals surface area contributed by atoms with Crippen LogP contribution in [0.5, 0.6) is 0 Å². The fraction of sp³-hybridized carbons (Fsp3) is 0.222. The molecule has 0 aliphatic carbocycles. The van der Waals surface area contributed by atoms with Crippen LogP contribution in [0.3, 0.4) is 0 Å². The summed E-state index contributed by atoms with van der Waals surface area (Å²) in [7, 11) is 0. The monoisotopic (exact) mass is 279 g/mol. The zero-order valence-corrected chi connectivity index (χ0v) is 11.7. The first-order valence-electron chi connectivity index (χ1n) is 7.22. The standard InChI is InChI=1S/C18H17NO2/c20-17(14-8-3-1-4-9-14)16-12-7-13-19(16)18(21)15-10-5-2-6-11-15/h1-6,8-11,16H,7,12-13H2. The number of hydrogen-bond donors (Lipinski definition) is 0. The first-order chi connectivity index (χ1) is 10.3. The van der Waals surface area contributed by atoms with E-state index in [4.69, 9.17) is 0 Å². The van der Waals surface area contributed by atoms with Crippen molar-refractivity contribution in [2.45, 2.75) is 18.9 Å². The maximum absolute atomic E-state index is 12.6. The maximum atomic E-state index is 12.6. The van der Waals surface area contributed by atoms with E-state index < -0.39 is 0 Å². The Labute approximate surface area is 124 Å². The number of amides is 1. The topological polar surface area (TPSA) is 37.4 Å². The summed E-state index contributed by atoms with van der Waals surface area (Å²) in [6.07, 6.45) is 1.62. The molecule has 1 fully saturated rings. The predicted octanol–water partition coefficient (Wildman–Crippen LogP) is 3.17. The second-order valence-electron chi connectivity index (χ2n) is 5.25. The number of carbonyl (C=O) groups excluding carboxylic acids is 2. The second kappa shape index (κ2) is 5.92. The number of nitrogens with zero attached hydrogens (tertiary/aromatic N) is 1. The molecule has 0 saturated carbocycles. The van der Waals surface area contributed by atoms with Crippen molar-refractivity contribution in [3.05, 3.63) is 71.8 Å². The normalized spacial score (nSPS) is 17.7. The first-order valence-corrected chi connectivity index (χ1v) is 7.22. The maximum Gasteiger partial charge on any atom is 0.254 e. The molecule has 2 aromatic rings. The van der Waals surface area contributed by atoms with E-state index >= 15 is 0 Å². The van der Waals surface area contributed by atoms with E-state index in [1.165, 1.54) is 0 Å². The molecule has 2 aromatic carbocycles. The first kappa shape index (κ1) is 13.6. The van der Waals surface area contributed by atoms with E-state index in [2.05, 4.69) is 0 Å². The van der Waals surface area contributed by atoms with Gasteiger partial charge in [-0.3, -0.25) is 9.59 Å². The van der Waals surface area contributed by atoms with Gasteiger partial charge in [0, 0.05) is 17.7 Å². The lowest BCUT2D eigenvalue weighted by atomic mass is 10.0. The van der Waals surface area contributed by atoms with Gasteiger partial charge in [-0.25, -0.2) is 0 Å². The minimum absolute atomic E-state index is 0.0392. The van der Waals surface area contributed by atoms with Crippen molar-refractivity contribution in [2.75, 3.05) is 6.54 Å². The fourth-order valence-electron chi connectivity index (χ4n) is 2.82. The summed E-state index contributed by atoms with van der Waals surface area (Å²) in [5.74, 6) is -0.0141. The van der Waals surface area contributed by atoms with Crippen molar-refractivity contribution in [3.63, 3.8) is 0 Å². The van der Waals surface area contributed by atoms with Gasteiger partial charge in [-0.15, -0.1) is 0 Å². The van der Waals surface area contributed by atoms with Gasteiger partial charge in [0.1, 0.15) is 0 Å². The number of rotatable bonds is 3. The third kappa shape index (κ3) is 2.72. The van der Waals surface area contributed by atoms with Crippen molar-refractivity contribution < 1.29 is 9.59 Å². The molecule has 1 atom stereocenters. The van der Waals surface area contributed by atoms with Crippen LogP contribution >= 0.6 is 0 Å². The third-order valence-electron chi connectivity index (χ3n) is 3.90. The second-order valence-corrected chi connectivity index (χ2v) is 5.25. The van der Waals surface area contributed by atoms with Gasteiger partial charge in [0.2, 0.25) is 0 Å². The van der Waals surface area contributed by atoms with Crippen LogP contribution < -0.4 is 0 Å². The van der Waals surface area contributed by atoms with Gasteiger partial charge in [0.15, 0.2) is 5.78 Å². The molecule has 3 rings (SSSR count). The highest BCUT2D eigenvalue weighted by Crippen LogP contribution is 2.23. The molecule has 1 amide bonds. The van der Waals surface area contributed by atoms with Crippen LogP contribution in [0.2, 0.25) is 0 Å². The Bertz CT molecular complexity index is 579. The summed E-state index contributed by atoms with van der Waals surface area (Å²) in [5, 5.41) is 0. The van der Waals surface area contributed by atoms with Crippen LogP contribution in [0.1, 0.15) is 33.6 Å². The molecule has 3 nitrogen and oxygen atoms in total. The molecule has 1 unspecified atom stereocenters. The third-order valence-corrected chi connectivity index (χ3v) is 3.90. The van der Waals surface area contributed by atoms with Gasteiger partial charge in [-0.1, -0.05) is 48.5 Å². The summed E-state index contributed by atoms with van der Waals surface area (Å²) in [5.41, 5.74) is 1.32. The lowest BCUT2D eigenvalue weighted by Crippen LogP contribution is -2.40. The molecule has 0 spiro atoms. The Hall–Kier alpha value is -2.42. The van der Waals surface area contributed by atoms with E-state index in [0.717, 1.165) is 12.8 Å². The largest absolute Gasteiger partial charge is 0.328 e. The van der Waals surface area contributed by atoms with E-state index in [1.807, 2.05) is 48.5 Å². The number of likely N-dealkylation sites (tertiary alicyclic amines) is 1. The number of ketones is 1. The van der Waals surface area contributed by atoms with Crippen molar-refractivity contribution in [1.82, 2.24) is 4.90 Å². The van der Waals surface area contributed by atoms with Crippen LogP contribution in [-0.4, -0.2) is 29.2 Å². The van der Waals surface area contributed by atoms with Crippen molar-refractivity contribution >= 4 is 11.7 Å². The van der Waals surface area contributed by atoms with Crippen molar-refractivity contribution in [3.8, 4) is 0 Å². The van der Waals surface area contributed by atoms with Crippen molar-refractivity contribution in [2.24, 2.45) is 0 Å². The van der Waals surface area contributed by atoms with Gasteiger partial charge >= 0.3 is 0 Å². The SMILES string of the molecule is O=C(c1ccccc1)C1CCCN1C(=O)c1ccccc1. The Morgan fingerprint density at radius 2 is 1.43 bits per heavy atom. The zero-order valence-electron chi connectivity index (χ0n) is 11.7. The number of benzene rings is 2. The molecule has 1 aliphatic rings. The highest BCUT2D eigenvalue weighted by Gasteiger charge is 2.34. The Morgan fingerprint density at radius 3 is 2.05 bits per heavy atom. The molecule has 106 valence electrons. The number of hydrogen-bond acceptors (Lipinski definition) is 2. The summed E-state index contributed by atoms with van der Waals surface area (Å²) in [6, 6.07) is 18.0. The van der Waals surface area contributed by atoms with E-state index in [9.17, 15) is 9.59 Å². The van der Waals surface area contributed by atoms with Crippen LogP contribution in [0.15, 0.2) is 60.7 Å². The molecule has 3 heteroatoms. The van der Waals surface area contributed by atoms with E-state index in [1.54, 1.807) is 17.0 Å². The highest BCUT2D eigenvalue weighted by molar-refractivity contribution is 6.04. The minimum atomic E-state index is -0.333. The lowest BCUT2D eigenvalue weighted by Gasteiger charge is -2.23. The Kier molecular flexibility index (Phi) is 3.82. The molecule has 21 heavy (non-hydrogen) atoms. The predicted molar refractivity (Wildman–Crippen MR) is 81.3 cm³/mol. The Morgan fingerprint density at radius 1 is 0.857 bits per heavy atom. The summed E-state index contributed by atoms with van der Waals surface area (Å²) in [4.78, 5) is 26.9. The van der Waals surface area contributed by atoms with Gasteiger partial charge in [-0.05, 0) is 25.0 Å². The average molecular weight is 279 g/mol. The van der Waals surface area contributed by atoms with Crippen LogP contribution in [0, 0.1) is 0 Å². The quantitative estimate of drug-likeness (QED) is 0.809. The molecular weight excluding hydrogens is 262 g/mol. The van der Waals surface area contributed by atoms with Crippen LogP contribution in [-0.2, 0) is 0 Å². The van der Waals surface area contributed by atoms with Gasteiger partial charge < -0.3 is 4.90 Å². The summed E-state index contributed by atoms with van der Waals surface area (Å²) < 4.78 is 0. The molecule has 0 radical (unpaired) electrons. The smallest absolute Gasteiger partial charge is 0.254 e. The van der Waals surface area contributed by atoms with Crippen LogP contribution in [0.25, 0.3) is 0 Å². The number of Topliss-reactive ketones (excluding diaryl/α,β-unsaturated/α-hetero) is 1. The zero-order chi connectivity index (χ0) is 14.7. The van der Waals surface area contributed by atoms with E-state index in [-0.39, 0.29) is 17.7 Å². The highest BCUT2D eigenvalue weighted by atomic mass is 16.2. The minimum Gasteiger partial charge on any atom is -0.328 e. The van der Waals surface area contributed by atoms with Crippen molar-refractivity contribution in [1.29, 1.82) is 0 Å². The molecule has 1 aliphatic heterocycles. The van der Waals surface area contributed by atoms with Gasteiger partial charge in [0.25, 0.3) is 5.91 Å². The van der Waals surface area contributed by atoms with Gasteiger partial charge in [0.05, 0.1) is 6.04 Å². The molecular formula is C18H17NO2. The number of carbonyl (C=O) groups is 2. The Balaban J connectivity index is 1.83. The van der Waals surface area contributed by atoms with E-state index in [0.29, 0.717) is 17.7 Å². The molecule has 0 bridgehead atoms. The molecule has 1 saturated heterocycles. The summed E-state index contributed by atoms with van der Waals surface area (Å²) in [6.45, 7) is 0.650. The van der Waals surface area contributed by atoms with Gasteiger partial charge in [-0.2, -0.15) is 0 Å². The van der Waals surface area contributed by atoms with Crippen LogP contribution in [0.4, 0.5) is 0 Å². The average Bonchev–Trinajstić information content (AvgIpc) is 3.04. The molecule has 1 heterocycles. The fourth-order valence-corrected chi connectivity index (χ4v) is 2.82. The molecule has 0 aromatic heterocycles. The summed E-state index contributed by atoms with van der Waals surface area (Å²) >= 11 is 0.